The molecule has 4 bridgehead atoms. The highest BCUT2D eigenvalue weighted by Crippen LogP contribution is 2.70. The fraction of sp³-hybridized carbons (Fsp3) is 0.667. The Kier molecular flexibility index (Phi) is 4.55. The first kappa shape index (κ1) is 25.8. The van der Waals surface area contributed by atoms with Gasteiger partial charge in [-0.3, -0.25) is 9.59 Å². The van der Waals surface area contributed by atoms with Crippen molar-refractivity contribution in [1.29, 1.82) is 0 Å². The number of aromatic hydroxyl groups is 2. The highest BCUT2D eigenvalue weighted by molar-refractivity contribution is 5.94. The first-order chi connectivity index (χ1) is 27.3. The summed E-state index contributed by atoms with van der Waals surface area (Å²) in [5.74, 6) is -0.547. The van der Waals surface area contributed by atoms with Gasteiger partial charge >= 0.3 is 0 Å². The minimum Gasteiger partial charge on any atom is -0.504 e. The smallest absolute Gasteiger partial charge is 0.174 e. The zero-order valence-corrected chi connectivity index (χ0v) is 29.2. The molecule has 12 rings (SSSR count). The van der Waals surface area contributed by atoms with E-state index >= 15 is 0 Å². The molecule has 4 saturated carbocycles. The first-order valence-corrected chi connectivity index (χ1v) is 19.6. The summed E-state index contributed by atoms with van der Waals surface area (Å²) in [6, 6.07) is 1.90. The molecule has 0 unspecified atom stereocenters. The summed E-state index contributed by atoms with van der Waals surface area (Å²) >= 11 is 0. The number of quaternary nitrogens is 2. The third-order valence-corrected chi connectivity index (χ3v) is 16.4. The number of carbonyl (C=O) groups excluding carboxylic acids is 2. The number of carbonyl (C=O) groups is 2. The van der Waals surface area contributed by atoms with Crippen LogP contribution < -0.4 is 9.47 Å². The lowest BCUT2D eigenvalue weighted by Gasteiger charge is -2.64. The van der Waals surface area contributed by atoms with Crippen molar-refractivity contribution >= 4 is 11.6 Å². The topological polar surface area (TPSA) is 134 Å². The summed E-state index contributed by atoms with van der Waals surface area (Å²) < 4.78 is 66.1. The average Bonchev–Trinajstić information content (AvgIpc) is 4.07. The van der Waals surface area contributed by atoms with E-state index in [0.717, 1.165) is 25.7 Å². The number of aliphatic hydroxyl groups is 2. The molecule has 0 amide bonds. The fourth-order valence-electron chi connectivity index (χ4n) is 13.8. The molecule has 4 heterocycles. The van der Waals surface area contributed by atoms with E-state index in [4.69, 9.17) is 17.7 Å². The van der Waals surface area contributed by atoms with Gasteiger partial charge in [0.15, 0.2) is 46.8 Å². The monoisotopic (exact) mass is 716 g/mol. The zero-order chi connectivity index (χ0) is 40.5. The maximum atomic E-state index is 13.8. The minimum absolute atomic E-state index is 0.0131. The van der Waals surface area contributed by atoms with Crippen molar-refractivity contribution in [3.8, 4) is 34.1 Å². The summed E-state index contributed by atoms with van der Waals surface area (Å²) in [7, 11) is 0. The molecule has 4 aliphatic heterocycles. The SMILES string of the molecule is [2H]C([2H])([2H])[N@+]1(CC2CC2)CC[C@]23c4c5cc(-c6cc7c8c(c6O)O[C@H]6C(=O)CC[C@@]9(O)[C@@H](C7)[N@+](CC7CC7)(C([2H])([2H])[2H])CC[C@]869)c(O)c4O[C@H]2C(=O)CC[C@@]3(O)[C@H]1C5. The van der Waals surface area contributed by atoms with Crippen LogP contribution >= 0.6 is 0 Å². The first-order valence-electron chi connectivity index (χ1n) is 22.6. The molecule has 10 atom stereocenters. The number of likely N-dealkylation sites (N-methyl/N-ethyl adjacent to an activating group) is 2. The van der Waals surface area contributed by atoms with Crippen molar-refractivity contribution in [3.63, 3.8) is 0 Å². The molecule has 274 valence electrons. The molecule has 2 aromatic rings. The van der Waals surface area contributed by atoms with E-state index in [9.17, 15) is 30.0 Å². The van der Waals surface area contributed by atoms with Crippen molar-refractivity contribution < 1.29 is 56.7 Å². The molecule has 0 radical (unpaired) electrons. The van der Waals surface area contributed by atoms with Crippen molar-refractivity contribution in [2.45, 2.75) is 123 Å². The molecule has 10 nitrogen and oxygen atoms in total. The Morgan fingerprint density at radius 3 is 1.52 bits per heavy atom. The Morgan fingerprint density at radius 2 is 1.13 bits per heavy atom. The van der Waals surface area contributed by atoms with Gasteiger partial charge in [-0.2, -0.15) is 0 Å². The lowest BCUT2D eigenvalue weighted by atomic mass is 9.48. The fourth-order valence-corrected chi connectivity index (χ4v) is 13.8. The summed E-state index contributed by atoms with van der Waals surface area (Å²) in [6.07, 6.45) is 2.35. The van der Waals surface area contributed by atoms with Gasteiger partial charge in [0.05, 0.1) is 59.2 Å². The second-order valence-electron chi connectivity index (χ2n) is 18.7. The number of ether oxygens (including phenoxy) is 2. The number of hydrogen-bond acceptors (Lipinski definition) is 8. The van der Waals surface area contributed by atoms with Gasteiger partial charge in [0.1, 0.15) is 23.3 Å². The van der Waals surface area contributed by atoms with Gasteiger partial charge in [0.25, 0.3) is 0 Å². The molecule has 4 N–H and O–H groups in total. The average molecular weight is 717 g/mol. The normalized spacial score (nSPS) is 47.8. The molecular formula is C42H50N2O8+2. The van der Waals surface area contributed by atoms with Gasteiger partial charge < -0.3 is 38.9 Å². The Morgan fingerprint density at radius 1 is 0.712 bits per heavy atom. The van der Waals surface area contributed by atoms with E-state index < -0.39 is 60.3 Å². The van der Waals surface area contributed by atoms with Crippen LogP contribution in [-0.4, -0.2) is 117 Å². The van der Waals surface area contributed by atoms with Gasteiger partial charge in [-0.25, -0.2) is 0 Å². The predicted molar refractivity (Wildman–Crippen MR) is 187 cm³/mol. The number of phenolic OH excluding ortho intramolecular Hbond substituents is 2. The third-order valence-electron chi connectivity index (χ3n) is 16.4. The second kappa shape index (κ2) is 9.19. The number of Topliss-reactive ketones (excluding diaryl/α,β-unsaturated/α-hetero) is 2. The van der Waals surface area contributed by atoms with Gasteiger partial charge in [0.2, 0.25) is 0 Å². The Hall–Kier alpha value is -3.18. The Labute approximate surface area is 311 Å². The van der Waals surface area contributed by atoms with Crippen LogP contribution in [0.4, 0.5) is 0 Å². The van der Waals surface area contributed by atoms with Crippen molar-refractivity contribution in [1.82, 2.24) is 0 Å². The van der Waals surface area contributed by atoms with E-state index in [-0.39, 0.29) is 131 Å². The van der Waals surface area contributed by atoms with E-state index in [1.807, 2.05) is 0 Å². The summed E-state index contributed by atoms with van der Waals surface area (Å²) in [6.45, 7) is -3.65. The van der Waals surface area contributed by atoms with Crippen LogP contribution in [0.1, 0.15) is 94.7 Å². The van der Waals surface area contributed by atoms with Crippen LogP contribution in [0, 0.1) is 11.8 Å². The highest BCUT2D eigenvalue weighted by atomic mass is 16.5. The van der Waals surface area contributed by atoms with E-state index in [1.54, 1.807) is 12.1 Å². The number of phenols is 2. The second-order valence-corrected chi connectivity index (χ2v) is 18.7. The van der Waals surface area contributed by atoms with Crippen LogP contribution in [-0.2, 0) is 33.3 Å². The largest absolute Gasteiger partial charge is 0.504 e. The lowest BCUT2D eigenvalue weighted by Crippen LogP contribution is -2.80. The molecule has 0 aromatic heterocycles. The van der Waals surface area contributed by atoms with Crippen LogP contribution in [0.5, 0.6) is 23.0 Å². The third kappa shape index (κ3) is 3.29. The summed E-state index contributed by atoms with van der Waals surface area (Å²) in [5.41, 5.74) is -3.01. The van der Waals surface area contributed by atoms with E-state index in [2.05, 4.69) is 0 Å². The van der Waals surface area contributed by atoms with Gasteiger partial charge in [0, 0.05) is 72.6 Å². The molecule has 2 spiro atoms. The lowest BCUT2D eigenvalue weighted by molar-refractivity contribution is -0.950. The molecule has 6 fully saturated rings. The molecule has 10 heteroatoms. The van der Waals surface area contributed by atoms with Crippen molar-refractivity contribution in [2.24, 2.45) is 11.8 Å². The van der Waals surface area contributed by atoms with Crippen LogP contribution in [0.2, 0.25) is 0 Å². The number of ketones is 2. The number of nitrogens with zero attached hydrogens (tertiary/aromatic N) is 2. The molecule has 52 heavy (non-hydrogen) atoms. The highest BCUT2D eigenvalue weighted by Gasteiger charge is 2.78. The van der Waals surface area contributed by atoms with E-state index in [0.29, 0.717) is 35.3 Å². The van der Waals surface area contributed by atoms with Crippen LogP contribution in [0.25, 0.3) is 11.1 Å². The van der Waals surface area contributed by atoms with Crippen LogP contribution in [0.15, 0.2) is 12.1 Å². The summed E-state index contributed by atoms with van der Waals surface area (Å²) in [5, 5.41) is 50.7. The molecular weight excluding hydrogens is 660 g/mol. The number of rotatable bonds is 5. The van der Waals surface area contributed by atoms with Gasteiger partial charge in [-0.1, -0.05) is 0 Å². The number of hydrogen-bond donors (Lipinski definition) is 4. The van der Waals surface area contributed by atoms with Crippen molar-refractivity contribution in [2.75, 3.05) is 40.1 Å². The van der Waals surface area contributed by atoms with E-state index in [1.165, 1.54) is 0 Å². The molecule has 2 aromatic carbocycles. The standard InChI is InChI=1S/C42H48N2O8/c1-43(19-21-3-4-21)13-11-39-31-23-15-25(33(47)35(31)51-37(39)27(45)7-9-41(39,49)29(43)17-23)26-16-24-18-30-42(50)10-8-28(46)38-40(42,32(24)36(52-38)34(26)48)12-14-44(30,2)20-22-5-6-22/h15-16,21-22,29-30,37-38,49-50H,3-14,17-20H2,1-2H3/p+2/t29-,30-,37+,38+,39+,40+,41-,42-,43-,44-/m1/s1/i1D3,2D3. The zero-order valence-electron chi connectivity index (χ0n) is 35.2. The maximum Gasteiger partial charge on any atom is 0.174 e. The molecule has 2 saturated heterocycles. The van der Waals surface area contributed by atoms with Gasteiger partial charge in [-0.15, -0.1) is 0 Å². The molecule has 10 aliphatic rings. The maximum absolute atomic E-state index is 13.8. The van der Waals surface area contributed by atoms with Gasteiger partial charge in [-0.05, 0) is 61.8 Å². The van der Waals surface area contributed by atoms with Crippen LogP contribution in [0.3, 0.4) is 0 Å². The predicted octanol–water partition coefficient (Wildman–Crippen LogP) is 3.32. The number of likely N-dealkylation sites (tertiary alicyclic amines) is 2. The Bertz CT molecular complexity index is 2140. The Balaban J connectivity index is 1.07. The minimum atomic E-state index is -2.45. The number of piperidine rings is 2. The number of benzene rings is 2. The molecule has 6 aliphatic carbocycles. The summed E-state index contributed by atoms with van der Waals surface area (Å²) in [4.78, 5) is 27.7. The quantitative estimate of drug-likeness (QED) is 0.347. The van der Waals surface area contributed by atoms with Crippen molar-refractivity contribution in [3.05, 3.63) is 34.4 Å².